The van der Waals surface area contributed by atoms with E-state index in [1.54, 1.807) is 0 Å². The van der Waals surface area contributed by atoms with Crippen LogP contribution in [0.15, 0.2) is 48.5 Å². The Morgan fingerprint density at radius 1 is 1.00 bits per heavy atom. The minimum Gasteiger partial charge on any atom is -0.192 e. The highest BCUT2D eigenvalue weighted by Crippen LogP contribution is 2.27. The van der Waals surface area contributed by atoms with Gasteiger partial charge >= 0.3 is 0 Å². The monoisotopic (exact) mass is 202 g/mol. The summed E-state index contributed by atoms with van der Waals surface area (Å²) in [5, 5.41) is 13.3. The summed E-state index contributed by atoms with van der Waals surface area (Å²) in [4.78, 5) is 0. The van der Waals surface area contributed by atoms with Crippen molar-refractivity contribution >= 4 is 21.5 Å². The van der Waals surface area contributed by atoms with Crippen LogP contribution in [-0.2, 0) is 0 Å². The van der Waals surface area contributed by atoms with Gasteiger partial charge in [0, 0.05) is 10.8 Å². The third-order valence-corrected chi connectivity index (χ3v) is 2.79. The van der Waals surface area contributed by atoms with Crippen LogP contribution in [0.25, 0.3) is 21.5 Å². The zero-order chi connectivity index (χ0) is 11.0. The predicted octanol–water partition coefficient (Wildman–Crippen LogP) is 3.66. The number of hydrogen-bond acceptors (Lipinski definition) is 1. The summed E-state index contributed by atoms with van der Waals surface area (Å²) in [6.45, 7) is 0. The van der Waals surface area contributed by atoms with Crippen molar-refractivity contribution in [3.8, 4) is 6.07 Å². The lowest BCUT2D eigenvalue weighted by Gasteiger charge is -2.04. The Hall–Kier alpha value is -2.33. The van der Waals surface area contributed by atoms with Gasteiger partial charge in [-0.3, -0.25) is 0 Å². The highest BCUT2D eigenvalue weighted by molar-refractivity contribution is 6.03. The minimum atomic E-state index is 0.716. The van der Waals surface area contributed by atoms with Gasteiger partial charge in [-0.25, -0.2) is 0 Å². The average molecular weight is 202 g/mol. The van der Waals surface area contributed by atoms with Crippen LogP contribution in [0.2, 0.25) is 0 Å². The van der Waals surface area contributed by atoms with Crippen LogP contribution in [-0.4, -0.2) is 0 Å². The third kappa shape index (κ3) is 1.17. The number of benzene rings is 3. The average Bonchev–Trinajstić information content (AvgIpc) is 2.36. The van der Waals surface area contributed by atoms with E-state index in [-0.39, 0.29) is 0 Å². The van der Waals surface area contributed by atoms with Gasteiger partial charge in [0.05, 0.1) is 5.56 Å². The molecule has 1 nitrogen and oxygen atoms in total. The maximum absolute atomic E-state index is 9.26. The van der Waals surface area contributed by atoms with E-state index in [0.717, 1.165) is 21.5 Å². The van der Waals surface area contributed by atoms with E-state index in [2.05, 4.69) is 18.2 Å². The second-order valence-electron chi connectivity index (χ2n) is 3.72. The second-order valence-corrected chi connectivity index (χ2v) is 3.72. The minimum absolute atomic E-state index is 0.716. The van der Waals surface area contributed by atoms with E-state index < -0.39 is 0 Å². The van der Waals surface area contributed by atoms with Crippen molar-refractivity contribution in [2.75, 3.05) is 0 Å². The van der Waals surface area contributed by atoms with Crippen LogP contribution in [0.1, 0.15) is 5.56 Å². The molecule has 0 aliphatic heterocycles. The Morgan fingerprint density at radius 3 is 2.69 bits per heavy atom. The summed E-state index contributed by atoms with van der Waals surface area (Å²) in [5.41, 5.74) is 0.716. The zero-order valence-electron chi connectivity index (χ0n) is 8.57. The molecule has 0 aromatic heterocycles. The molecule has 1 radical (unpaired) electrons. The highest BCUT2D eigenvalue weighted by atomic mass is 14.2. The maximum Gasteiger partial charge on any atom is 0.100 e. The zero-order valence-corrected chi connectivity index (χ0v) is 8.57. The Labute approximate surface area is 93.6 Å². The van der Waals surface area contributed by atoms with Gasteiger partial charge in [-0.1, -0.05) is 42.5 Å². The normalized spacial score (nSPS) is 10.4. The lowest BCUT2D eigenvalue weighted by molar-refractivity contribution is 1.51. The highest BCUT2D eigenvalue weighted by Gasteiger charge is 2.05. The summed E-state index contributed by atoms with van der Waals surface area (Å²) < 4.78 is 0. The maximum atomic E-state index is 9.26. The molecule has 0 saturated heterocycles. The van der Waals surface area contributed by atoms with Gasteiger partial charge < -0.3 is 0 Å². The molecule has 0 aliphatic rings. The first kappa shape index (κ1) is 8.94. The molecule has 16 heavy (non-hydrogen) atoms. The summed E-state index contributed by atoms with van der Waals surface area (Å²) in [6.07, 6.45) is 0. The number of nitrogens with zero attached hydrogens (tertiary/aromatic N) is 1. The smallest absolute Gasteiger partial charge is 0.100 e. The van der Waals surface area contributed by atoms with Crippen LogP contribution in [0.5, 0.6) is 0 Å². The van der Waals surface area contributed by atoms with Gasteiger partial charge in [0.15, 0.2) is 0 Å². The predicted molar refractivity (Wildman–Crippen MR) is 65.0 cm³/mol. The topological polar surface area (TPSA) is 23.8 Å². The van der Waals surface area contributed by atoms with Crippen molar-refractivity contribution in [1.29, 1.82) is 5.26 Å². The summed E-state index contributed by atoms with van der Waals surface area (Å²) in [6, 6.07) is 21.3. The van der Waals surface area contributed by atoms with Crippen molar-refractivity contribution in [3.05, 3.63) is 60.2 Å². The number of fused-ring (bicyclic) bond motifs is 2. The first-order valence-corrected chi connectivity index (χ1v) is 5.12. The van der Waals surface area contributed by atoms with Crippen LogP contribution < -0.4 is 0 Å². The number of nitriles is 1. The molecule has 0 spiro atoms. The second kappa shape index (κ2) is 3.36. The quantitative estimate of drug-likeness (QED) is 0.510. The van der Waals surface area contributed by atoms with Gasteiger partial charge in [0.1, 0.15) is 6.07 Å². The van der Waals surface area contributed by atoms with Crippen LogP contribution in [0.3, 0.4) is 0 Å². The molecule has 0 fully saturated rings. The summed E-state index contributed by atoms with van der Waals surface area (Å²) in [5.74, 6) is 0. The lowest BCUT2D eigenvalue weighted by Crippen LogP contribution is -1.83. The van der Waals surface area contributed by atoms with E-state index in [1.165, 1.54) is 0 Å². The molecule has 0 unspecified atom stereocenters. The molecule has 0 bridgehead atoms. The molecule has 3 aromatic carbocycles. The fourth-order valence-corrected chi connectivity index (χ4v) is 2.06. The van der Waals surface area contributed by atoms with Crippen LogP contribution >= 0.6 is 0 Å². The van der Waals surface area contributed by atoms with E-state index >= 15 is 0 Å². The van der Waals surface area contributed by atoms with Crippen molar-refractivity contribution in [2.45, 2.75) is 0 Å². The molecule has 0 atom stereocenters. The molecule has 73 valence electrons. The van der Waals surface area contributed by atoms with Gasteiger partial charge in [0.2, 0.25) is 0 Å². The molecule has 0 amide bonds. The van der Waals surface area contributed by atoms with Crippen molar-refractivity contribution in [3.63, 3.8) is 0 Å². The summed E-state index contributed by atoms with van der Waals surface area (Å²) in [7, 11) is 0. The third-order valence-electron chi connectivity index (χ3n) is 2.79. The fourth-order valence-electron chi connectivity index (χ4n) is 2.06. The van der Waals surface area contributed by atoms with E-state index in [4.69, 9.17) is 0 Å². The Morgan fingerprint density at radius 2 is 1.81 bits per heavy atom. The molecular formula is C15H8N. The summed E-state index contributed by atoms with van der Waals surface area (Å²) >= 11 is 0. The molecular weight excluding hydrogens is 194 g/mol. The number of rotatable bonds is 0. The molecule has 0 N–H and O–H groups in total. The van der Waals surface area contributed by atoms with E-state index in [9.17, 15) is 5.26 Å². The first-order chi connectivity index (χ1) is 7.90. The van der Waals surface area contributed by atoms with Crippen LogP contribution in [0, 0.1) is 17.4 Å². The SMILES string of the molecule is N#Cc1c2[c]cccc2cc2ccccc12. The Kier molecular flexibility index (Phi) is 1.88. The standard InChI is InChI=1S/C15H8N/c16-10-15-13-7-3-1-5-11(13)9-12-6-2-4-8-14(12)15/h1-7,9H. The molecule has 3 rings (SSSR count). The van der Waals surface area contributed by atoms with Crippen molar-refractivity contribution < 1.29 is 0 Å². The van der Waals surface area contributed by atoms with Crippen LogP contribution in [0.4, 0.5) is 0 Å². The van der Waals surface area contributed by atoms with Crippen molar-refractivity contribution in [2.24, 2.45) is 0 Å². The molecule has 0 heterocycles. The molecule has 0 saturated carbocycles. The van der Waals surface area contributed by atoms with Crippen molar-refractivity contribution in [1.82, 2.24) is 0 Å². The van der Waals surface area contributed by atoms with Gasteiger partial charge in [-0.2, -0.15) is 5.26 Å². The molecule has 1 heteroatoms. The lowest BCUT2D eigenvalue weighted by atomic mass is 9.98. The van der Waals surface area contributed by atoms with Gasteiger partial charge in [-0.05, 0) is 22.9 Å². The number of hydrogen-bond donors (Lipinski definition) is 0. The fraction of sp³-hybridized carbons (Fsp3) is 0. The Bertz CT molecular complexity index is 666. The van der Waals surface area contributed by atoms with E-state index in [0.29, 0.717) is 5.56 Å². The largest absolute Gasteiger partial charge is 0.192 e. The Balaban J connectivity index is 2.63. The van der Waals surface area contributed by atoms with Gasteiger partial charge in [0.25, 0.3) is 0 Å². The van der Waals surface area contributed by atoms with E-state index in [1.807, 2.05) is 42.5 Å². The molecule has 0 aliphatic carbocycles. The van der Waals surface area contributed by atoms with Gasteiger partial charge in [-0.15, -0.1) is 0 Å². The molecule has 3 aromatic rings. The first-order valence-electron chi connectivity index (χ1n) is 5.12.